The van der Waals surface area contributed by atoms with E-state index in [4.69, 9.17) is 9.47 Å². The van der Waals surface area contributed by atoms with Crippen LogP contribution < -0.4 is 20.1 Å². The Kier molecular flexibility index (Phi) is 5.55. The lowest BCUT2D eigenvalue weighted by Crippen LogP contribution is -2.43. The van der Waals surface area contributed by atoms with Gasteiger partial charge < -0.3 is 20.1 Å². The number of rotatable bonds is 7. The second-order valence-electron chi connectivity index (χ2n) is 7.77. The van der Waals surface area contributed by atoms with E-state index in [1.165, 1.54) is 0 Å². The molecule has 1 fully saturated rings. The molecule has 2 N–H and O–H groups in total. The summed E-state index contributed by atoms with van der Waals surface area (Å²) in [5.41, 5.74) is 1.01. The molecule has 1 aliphatic rings. The predicted molar refractivity (Wildman–Crippen MR) is 119 cm³/mol. The molecule has 0 spiro atoms. The standard InChI is InChI=1S/C25H26N2O4/c1-26-23(28)22(21-15-19(31-3)14-16-6-4-5-7-20(16)21)27-24(29)25(12-13-25)17-8-10-18(30-2)11-9-17/h4-11,14-15,22H,12-13H2,1-3H3,(H,26,28)(H,27,29). The summed E-state index contributed by atoms with van der Waals surface area (Å²) in [5, 5.41) is 7.54. The molecular weight excluding hydrogens is 392 g/mol. The van der Waals surface area contributed by atoms with Crippen LogP contribution in [0.1, 0.15) is 30.0 Å². The topological polar surface area (TPSA) is 76.7 Å². The number of benzene rings is 3. The molecule has 4 rings (SSSR count). The molecule has 0 radical (unpaired) electrons. The van der Waals surface area contributed by atoms with E-state index >= 15 is 0 Å². The van der Waals surface area contributed by atoms with Gasteiger partial charge >= 0.3 is 0 Å². The Morgan fingerprint density at radius 2 is 1.61 bits per heavy atom. The molecule has 0 saturated heterocycles. The molecule has 3 aromatic rings. The third-order valence-electron chi connectivity index (χ3n) is 6.03. The Hall–Kier alpha value is -3.54. The highest BCUT2D eigenvalue weighted by Gasteiger charge is 2.52. The van der Waals surface area contributed by atoms with E-state index in [0.29, 0.717) is 11.3 Å². The van der Waals surface area contributed by atoms with E-state index in [2.05, 4.69) is 10.6 Å². The first-order valence-corrected chi connectivity index (χ1v) is 10.3. The Morgan fingerprint density at radius 3 is 2.23 bits per heavy atom. The van der Waals surface area contributed by atoms with Crippen LogP contribution in [0.5, 0.6) is 11.5 Å². The van der Waals surface area contributed by atoms with Gasteiger partial charge in [0, 0.05) is 7.05 Å². The molecule has 6 heteroatoms. The molecule has 1 atom stereocenters. The fraction of sp³-hybridized carbons (Fsp3) is 0.280. The molecule has 31 heavy (non-hydrogen) atoms. The monoisotopic (exact) mass is 418 g/mol. The number of carbonyl (C=O) groups is 2. The zero-order chi connectivity index (χ0) is 22.0. The fourth-order valence-electron chi connectivity index (χ4n) is 4.05. The van der Waals surface area contributed by atoms with Crippen LogP contribution in [0.25, 0.3) is 10.8 Å². The maximum atomic E-state index is 13.4. The van der Waals surface area contributed by atoms with Crippen LogP contribution in [0.15, 0.2) is 60.7 Å². The van der Waals surface area contributed by atoms with Crippen LogP contribution in [0.4, 0.5) is 0 Å². The first-order chi connectivity index (χ1) is 15.0. The zero-order valence-corrected chi connectivity index (χ0v) is 17.9. The van der Waals surface area contributed by atoms with E-state index in [1.54, 1.807) is 21.3 Å². The number of carbonyl (C=O) groups excluding carboxylic acids is 2. The highest BCUT2D eigenvalue weighted by molar-refractivity contribution is 5.98. The number of hydrogen-bond donors (Lipinski definition) is 2. The van der Waals surface area contributed by atoms with Crippen molar-refractivity contribution in [3.05, 3.63) is 71.8 Å². The van der Waals surface area contributed by atoms with Gasteiger partial charge in [0.2, 0.25) is 11.8 Å². The highest BCUT2D eigenvalue weighted by Crippen LogP contribution is 2.49. The minimum absolute atomic E-state index is 0.154. The quantitative estimate of drug-likeness (QED) is 0.616. The number of fused-ring (bicyclic) bond motifs is 1. The summed E-state index contributed by atoms with van der Waals surface area (Å²) in [6, 6.07) is 18.2. The summed E-state index contributed by atoms with van der Waals surface area (Å²) in [6.45, 7) is 0. The van der Waals surface area contributed by atoms with Gasteiger partial charge in [-0.25, -0.2) is 0 Å². The molecule has 1 saturated carbocycles. The average molecular weight is 418 g/mol. The molecule has 0 bridgehead atoms. The summed E-state index contributed by atoms with van der Waals surface area (Å²) in [6.07, 6.45) is 1.48. The largest absolute Gasteiger partial charge is 0.497 e. The highest BCUT2D eigenvalue weighted by atomic mass is 16.5. The van der Waals surface area contributed by atoms with Gasteiger partial charge in [-0.2, -0.15) is 0 Å². The van der Waals surface area contributed by atoms with E-state index in [0.717, 1.165) is 34.9 Å². The van der Waals surface area contributed by atoms with Crippen molar-refractivity contribution in [3.63, 3.8) is 0 Å². The van der Waals surface area contributed by atoms with E-state index in [1.807, 2.05) is 60.7 Å². The van der Waals surface area contributed by atoms with Crippen molar-refractivity contribution in [3.8, 4) is 11.5 Å². The van der Waals surface area contributed by atoms with E-state index in [-0.39, 0.29) is 11.8 Å². The number of nitrogens with one attached hydrogen (secondary N) is 2. The fourth-order valence-corrected chi connectivity index (χ4v) is 4.05. The predicted octanol–water partition coefficient (Wildman–Crippen LogP) is 3.49. The van der Waals surface area contributed by atoms with Crippen LogP contribution in [0.2, 0.25) is 0 Å². The first-order valence-electron chi connectivity index (χ1n) is 10.3. The van der Waals surface area contributed by atoms with Crippen molar-refractivity contribution >= 4 is 22.6 Å². The summed E-state index contributed by atoms with van der Waals surface area (Å²) in [4.78, 5) is 26.3. The third kappa shape index (κ3) is 3.81. The van der Waals surface area contributed by atoms with Crippen molar-refractivity contribution in [2.45, 2.75) is 24.3 Å². The Bertz CT molecular complexity index is 1120. The smallest absolute Gasteiger partial charge is 0.247 e. The maximum absolute atomic E-state index is 13.4. The second kappa shape index (κ2) is 8.30. The van der Waals surface area contributed by atoms with Gasteiger partial charge in [0.05, 0.1) is 19.6 Å². The van der Waals surface area contributed by atoms with E-state index < -0.39 is 11.5 Å². The number of likely N-dealkylation sites (N-methyl/N-ethyl adjacent to an activating group) is 1. The molecule has 0 aliphatic heterocycles. The van der Waals surface area contributed by atoms with Gasteiger partial charge in [0.15, 0.2) is 0 Å². The van der Waals surface area contributed by atoms with Crippen molar-refractivity contribution in [1.29, 1.82) is 0 Å². The lowest BCUT2D eigenvalue weighted by Gasteiger charge is -2.24. The summed E-state index contributed by atoms with van der Waals surface area (Å²) in [5.74, 6) is 0.939. The number of methoxy groups -OCH3 is 2. The lowest BCUT2D eigenvalue weighted by molar-refractivity contribution is -0.130. The summed E-state index contributed by atoms with van der Waals surface area (Å²) < 4.78 is 10.7. The van der Waals surface area contributed by atoms with Crippen molar-refractivity contribution in [1.82, 2.24) is 10.6 Å². The number of ether oxygens (including phenoxy) is 2. The molecule has 3 aromatic carbocycles. The molecule has 160 valence electrons. The Morgan fingerprint density at radius 1 is 0.935 bits per heavy atom. The SMILES string of the molecule is CNC(=O)C(NC(=O)C1(c2ccc(OC)cc2)CC1)c1cc(OC)cc2ccccc12. The van der Waals surface area contributed by atoms with Gasteiger partial charge in [-0.05, 0) is 59.0 Å². The molecular formula is C25H26N2O4. The molecule has 0 aromatic heterocycles. The molecule has 2 amide bonds. The van der Waals surface area contributed by atoms with Crippen LogP contribution in [0, 0.1) is 0 Å². The van der Waals surface area contributed by atoms with Gasteiger partial charge in [-0.1, -0.05) is 36.4 Å². The van der Waals surface area contributed by atoms with Crippen molar-refractivity contribution in [2.24, 2.45) is 0 Å². The van der Waals surface area contributed by atoms with Gasteiger partial charge in [0.1, 0.15) is 17.5 Å². The lowest BCUT2D eigenvalue weighted by atomic mass is 9.92. The minimum atomic E-state index is -0.840. The van der Waals surface area contributed by atoms with Gasteiger partial charge in [-0.15, -0.1) is 0 Å². The maximum Gasteiger partial charge on any atom is 0.247 e. The molecule has 1 unspecified atom stereocenters. The van der Waals surface area contributed by atoms with Gasteiger partial charge in [0.25, 0.3) is 0 Å². The summed E-state index contributed by atoms with van der Waals surface area (Å²) >= 11 is 0. The third-order valence-corrected chi connectivity index (χ3v) is 6.03. The zero-order valence-electron chi connectivity index (χ0n) is 17.9. The summed E-state index contributed by atoms with van der Waals surface area (Å²) in [7, 11) is 4.77. The van der Waals surface area contributed by atoms with Gasteiger partial charge in [-0.3, -0.25) is 9.59 Å². The van der Waals surface area contributed by atoms with Crippen LogP contribution >= 0.6 is 0 Å². The van der Waals surface area contributed by atoms with Crippen molar-refractivity contribution < 1.29 is 19.1 Å². The van der Waals surface area contributed by atoms with E-state index in [9.17, 15) is 9.59 Å². The second-order valence-corrected chi connectivity index (χ2v) is 7.77. The minimum Gasteiger partial charge on any atom is -0.497 e. The molecule has 1 aliphatic carbocycles. The van der Waals surface area contributed by atoms with Crippen LogP contribution in [0.3, 0.4) is 0 Å². The first kappa shape index (κ1) is 20.7. The number of amides is 2. The van der Waals surface area contributed by atoms with Crippen LogP contribution in [-0.2, 0) is 15.0 Å². The van der Waals surface area contributed by atoms with Crippen LogP contribution in [-0.4, -0.2) is 33.1 Å². The van der Waals surface area contributed by atoms with Crippen molar-refractivity contribution in [2.75, 3.05) is 21.3 Å². The Balaban J connectivity index is 1.71. The molecule has 6 nitrogen and oxygen atoms in total. The Labute approximate surface area is 181 Å². The molecule has 0 heterocycles. The number of hydrogen-bond acceptors (Lipinski definition) is 4. The average Bonchev–Trinajstić information content (AvgIpc) is 3.63. The normalized spacial score (nSPS) is 15.1.